The molecule has 112 valence electrons. The number of hydrogen-bond acceptors (Lipinski definition) is 6. The predicted octanol–water partition coefficient (Wildman–Crippen LogP) is 0.598. The van der Waals surface area contributed by atoms with Gasteiger partial charge in [-0.3, -0.25) is 9.69 Å². The third kappa shape index (κ3) is 4.24. The van der Waals surface area contributed by atoms with Gasteiger partial charge < -0.3 is 15.3 Å². The number of carbonyl (C=O) groups is 1. The lowest BCUT2D eigenvalue weighted by atomic mass is 10.2. The van der Waals surface area contributed by atoms with Crippen LogP contribution in [0.4, 0.5) is 5.13 Å². The molecule has 0 aliphatic carbocycles. The fourth-order valence-corrected chi connectivity index (χ4v) is 3.31. The average Bonchev–Trinajstić information content (AvgIpc) is 2.86. The van der Waals surface area contributed by atoms with E-state index in [2.05, 4.69) is 20.1 Å². The van der Waals surface area contributed by atoms with Gasteiger partial charge in [0.2, 0.25) is 5.91 Å². The molecule has 1 aliphatic rings. The van der Waals surface area contributed by atoms with Gasteiger partial charge >= 0.3 is 0 Å². The lowest BCUT2D eigenvalue weighted by molar-refractivity contribution is -0.114. The second kappa shape index (κ2) is 6.62. The second-order valence-corrected chi connectivity index (χ2v) is 6.42. The maximum Gasteiger partial charge on any atom is 0.223 e. The second-order valence-electron chi connectivity index (χ2n) is 5.56. The summed E-state index contributed by atoms with van der Waals surface area (Å²) in [5.74, 6) is -0.104. The smallest absolute Gasteiger partial charge is 0.223 e. The molecule has 2 heterocycles. The molecule has 1 amide bonds. The van der Waals surface area contributed by atoms with Gasteiger partial charge in [0.05, 0.1) is 11.8 Å². The van der Waals surface area contributed by atoms with Crippen molar-refractivity contribution < 1.29 is 9.90 Å². The van der Waals surface area contributed by atoms with Gasteiger partial charge in [-0.2, -0.15) is 0 Å². The van der Waals surface area contributed by atoms with Crippen LogP contribution in [0.5, 0.6) is 0 Å². The van der Waals surface area contributed by atoms with Gasteiger partial charge in [-0.05, 0) is 20.5 Å². The molecule has 0 bridgehead atoms. The molecule has 2 N–H and O–H groups in total. The fraction of sp³-hybridized carbons (Fsp3) is 0.692. The summed E-state index contributed by atoms with van der Waals surface area (Å²) >= 11 is 1.43. The third-order valence-electron chi connectivity index (χ3n) is 3.28. The van der Waals surface area contributed by atoms with Crippen molar-refractivity contribution in [2.75, 3.05) is 32.5 Å². The number of thiazole rings is 1. The largest absolute Gasteiger partial charge is 0.392 e. The van der Waals surface area contributed by atoms with Crippen LogP contribution in [0.1, 0.15) is 19.0 Å². The number of amides is 1. The van der Waals surface area contributed by atoms with E-state index in [0.29, 0.717) is 24.3 Å². The van der Waals surface area contributed by atoms with Crippen molar-refractivity contribution in [3.63, 3.8) is 0 Å². The van der Waals surface area contributed by atoms with Gasteiger partial charge in [-0.15, -0.1) is 11.3 Å². The number of likely N-dealkylation sites (tertiary alicyclic amines) is 1. The summed E-state index contributed by atoms with van der Waals surface area (Å²) in [5, 5.41) is 15.1. The van der Waals surface area contributed by atoms with Crippen molar-refractivity contribution in [1.82, 2.24) is 14.8 Å². The predicted molar refractivity (Wildman–Crippen MR) is 79.8 cm³/mol. The zero-order chi connectivity index (χ0) is 14.7. The van der Waals surface area contributed by atoms with Gasteiger partial charge in [0.25, 0.3) is 0 Å². The molecular weight excluding hydrogens is 276 g/mol. The molecule has 1 saturated heterocycles. The minimum absolute atomic E-state index is 0.104. The molecule has 0 spiro atoms. The minimum Gasteiger partial charge on any atom is -0.392 e. The van der Waals surface area contributed by atoms with E-state index in [0.717, 1.165) is 18.7 Å². The monoisotopic (exact) mass is 298 g/mol. The summed E-state index contributed by atoms with van der Waals surface area (Å²) in [4.78, 5) is 19.8. The standard InChI is InChI=1S/C13H22N4O2S/c1-9(18)14-13-15-10(8-20-13)5-17-7-12(19)4-11(17)6-16(2)3/h8,11-12,19H,4-7H2,1-3H3,(H,14,15,18). The Kier molecular flexibility index (Phi) is 5.09. The Bertz CT molecular complexity index is 463. The van der Waals surface area contributed by atoms with Gasteiger partial charge in [-0.1, -0.05) is 0 Å². The van der Waals surface area contributed by atoms with Crippen LogP contribution in [0, 0.1) is 0 Å². The quantitative estimate of drug-likeness (QED) is 0.833. The van der Waals surface area contributed by atoms with E-state index in [9.17, 15) is 9.90 Å². The number of rotatable bonds is 5. The van der Waals surface area contributed by atoms with Gasteiger partial charge in [0, 0.05) is 38.0 Å². The normalized spacial score (nSPS) is 23.4. The molecule has 1 aliphatic heterocycles. The van der Waals surface area contributed by atoms with Crippen molar-refractivity contribution in [2.24, 2.45) is 0 Å². The third-order valence-corrected chi connectivity index (χ3v) is 4.09. The van der Waals surface area contributed by atoms with E-state index in [1.807, 2.05) is 19.5 Å². The number of hydrogen-bond donors (Lipinski definition) is 2. The van der Waals surface area contributed by atoms with Crippen LogP contribution in [0.15, 0.2) is 5.38 Å². The number of likely N-dealkylation sites (N-methyl/N-ethyl adjacent to an activating group) is 1. The molecule has 2 atom stereocenters. The number of β-amino-alcohol motifs (C(OH)–C–C–N with tert-alkyl or cyclic N) is 1. The van der Waals surface area contributed by atoms with Gasteiger partial charge in [0.1, 0.15) is 0 Å². The number of aliphatic hydroxyl groups excluding tert-OH is 1. The summed E-state index contributed by atoms with van der Waals surface area (Å²) in [6.45, 7) is 3.81. The Morgan fingerprint density at radius 1 is 1.65 bits per heavy atom. The number of nitrogens with zero attached hydrogens (tertiary/aromatic N) is 3. The first-order valence-electron chi connectivity index (χ1n) is 6.73. The first-order chi connectivity index (χ1) is 9.44. The highest BCUT2D eigenvalue weighted by molar-refractivity contribution is 7.13. The van der Waals surface area contributed by atoms with Crippen molar-refractivity contribution in [1.29, 1.82) is 0 Å². The number of aromatic nitrogens is 1. The van der Waals surface area contributed by atoms with Crippen molar-refractivity contribution >= 4 is 22.4 Å². The molecule has 20 heavy (non-hydrogen) atoms. The van der Waals surface area contributed by atoms with E-state index >= 15 is 0 Å². The van der Waals surface area contributed by atoms with E-state index in [-0.39, 0.29) is 12.0 Å². The number of nitrogens with one attached hydrogen (secondary N) is 1. The zero-order valence-electron chi connectivity index (χ0n) is 12.2. The van der Waals surface area contributed by atoms with Crippen molar-refractivity contribution in [2.45, 2.75) is 32.0 Å². The Hall–Kier alpha value is -1.02. The summed E-state index contributed by atoms with van der Waals surface area (Å²) in [6.07, 6.45) is 0.550. The van der Waals surface area contributed by atoms with Gasteiger partial charge in [0.15, 0.2) is 5.13 Å². The Morgan fingerprint density at radius 2 is 2.40 bits per heavy atom. The molecule has 2 unspecified atom stereocenters. The molecule has 1 aromatic rings. The number of carbonyl (C=O) groups excluding carboxylic acids is 1. The summed E-state index contributed by atoms with van der Waals surface area (Å²) in [6, 6.07) is 0.353. The lowest BCUT2D eigenvalue weighted by Crippen LogP contribution is -2.37. The topological polar surface area (TPSA) is 68.7 Å². The maximum absolute atomic E-state index is 11.0. The summed E-state index contributed by atoms with van der Waals surface area (Å²) < 4.78 is 0. The molecule has 0 saturated carbocycles. The van der Waals surface area contributed by atoms with Crippen molar-refractivity contribution in [3.05, 3.63) is 11.1 Å². The highest BCUT2D eigenvalue weighted by atomic mass is 32.1. The van der Waals surface area contributed by atoms with Crippen LogP contribution in [0.2, 0.25) is 0 Å². The van der Waals surface area contributed by atoms with Crippen molar-refractivity contribution in [3.8, 4) is 0 Å². The van der Waals surface area contributed by atoms with Crippen LogP contribution >= 0.6 is 11.3 Å². The zero-order valence-corrected chi connectivity index (χ0v) is 13.0. The van der Waals surface area contributed by atoms with E-state index in [1.54, 1.807) is 0 Å². The van der Waals surface area contributed by atoms with E-state index in [4.69, 9.17) is 0 Å². The van der Waals surface area contributed by atoms with Crippen LogP contribution < -0.4 is 5.32 Å². The van der Waals surface area contributed by atoms with Crippen LogP contribution in [-0.2, 0) is 11.3 Å². The molecule has 0 radical (unpaired) electrons. The van der Waals surface area contributed by atoms with Gasteiger partial charge in [-0.25, -0.2) is 4.98 Å². The van der Waals surface area contributed by atoms with Crippen LogP contribution in [-0.4, -0.2) is 65.1 Å². The molecular formula is C13H22N4O2S. The molecule has 0 aromatic carbocycles. The van der Waals surface area contributed by atoms with E-state index < -0.39 is 0 Å². The number of aliphatic hydroxyl groups is 1. The molecule has 7 heteroatoms. The molecule has 1 aromatic heterocycles. The Labute approximate surface area is 123 Å². The SMILES string of the molecule is CC(=O)Nc1nc(CN2CC(O)CC2CN(C)C)cs1. The summed E-state index contributed by atoms with van der Waals surface area (Å²) in [5.41, 5.74) is 0.941. The molecule has 2 rings (SSSR count). The summed E-state index contributed by atoms with van der Waals surface area (Å²) in [7, 11) is 4.08. The molecule has 1 fully saturated rings. The molecule has 6 nitrogen and oxygen atoms in total. The van der Waals surface area contributed by atoms with Crippen LogP contribution in [0.25, 0.3) is 0 Å². The number of anilines is 1. The first kappa shape index (κ1) is 15.4. The minimum atomic E-state index is -0.256. The highest BCUT2D eigenvalue weighted by Crippen LogP contribution is 2.23. The fourth-order valence-electron chi connectivity index (χ4n) is 2.56. The first-order valence-corrected chi connectivity index (χ1v) is 7.61. The van der Waals surface area contributed by atoms with E-state index in [1.165, 1.54) is 18.3 Å². The lowest BCUT2D eigenvalue weighted by Gasteiger charge is -2.25. The average molecular weight is 298 g/mol. The highest BCUT2D eigenvalue weighted by Gasteiger charge is 2.31. The maximum atomic E-state index is 11.0. The Morgan fingerprint density at radius 3 is 3.05 bits per heavy atom. The van der Waals surface area contributed by atoms with Crippen LogP contribution in [0.3, 0.4) is 0 Å². The Balaban J connectivity index is 1.97.